The van der Waals surface area contributed by atoms with Crippen LogP contribution < -0.4 is 25.4 Å². The topological polar surface area (TPSA) is 296 Å². The predicted octanol–water partition coefficient (Wildman–Crippen LogP) is 24.4. The Morgan fingerprint density at radius 1 is 0.496 bits per heavy atom. The average molecular weight is 1790 g/mol. The summed E-state index contributed by atoms with van der Waals surface area (Å²) in [7, 11) is -8.29. The summed E-state index contributed by atoms with van der Waals surface area (Å²) in [4.78, 5) is 96.4. The molecule has 1 saturated heterocycles. The second kappa shape index (κ2) is 53.5. The van der Waals surface area contributed by atoms with E-state index in [0.717, 1.165) is 96.5 Å². The van der Waals surface area contributed by atoms with Gasteiger partial charge in [-0.1, -0.05) is 290 Å². The number of sulfonamides is 2. The summed E-state index contributed by atoms with van der Waals surface area (Å²) in [5, 5.41) is 8.92. The number of fused-ring (bicyclic) bond motifs is 2. The molecule has 26 heteroatoms. The van der Waals surface area contributed by atoms with Crippen molar-refractivity contribution in [3.05, 3.63) is 144 Å². The molecule has 0 bridgehead atoms. The molecular formula is C101H148N10O14S2. The number of hydrogen-bond donors (Lipinski definition) is 3. The third kappa shape index (κ3) is 32.0. The number of hydrogen-bond acceptors (Lipinski definition) is 17. The lowest BCUT2D eigenvalue weighted by molar-refractivity contribution is -0.137. The number of anilines is 3. The number of amides is 5. The van der Waals surface area contributed by atoms with Crippen molar-refractivity contribution in [1.29, 1.82) is 0 Å². The fraction of sp³-hybridized carbons (Fsp3) is 0.594. The van der Waals surface area contributed by atoms with Crippen LogP contribution in [0.4, 0.5) is 33.2 Å². The zero-order chi connectivity index (χ0) is 91.6. The van der Waals surface area contributed by atoms with Crippen LogP contribution >= 0.6 is 0 Å². The summed E-state index contributed by atoms with van der Waals surface area (Å²) in [6.07, 6.45) is 48.0. The van der Waals surface area contributed by atoms with Crippen LogP contribution in [0, 0.1) is 13.8 Å². The number of carbonyl (C=O) groups is 6. The molecule has 127 heavy (non-hydrogen) atoms. The van der Waals surface area contributed by atoms with Crippen molar-refractivity contribution in [2.75, 3.05) is 48.9 Å². The molecule has 4 heterocycles. The first-order valence-corrected chi connectivity index (χ1v) is 50.7. The Labute approximate surface area is 759 Å². The van der Waals surface area contributed by atoms with Gasteiger partial charge in [-0.15, -0.1) is 0 Å². The van der Waals surface area contributed by atoms with E-state index < -0.39 is 67.5 Å². The molecule has 24 nitrogen and oxygen atoms in total. The number of nitrogens with one attached hydrogen (secondary N) is 3. The molecule has 1 fully saturated rings. The number of aryl methyl sites for hydroxylation is 2. The molecule has 5 amide bonds. The van der Waals surface area contributed by atoms with Gasteiger partial charge in [-0.25, -0.2) is 46.3 Å². The maximum Gasteiger partial charge on any atom is 0.418 e. The van der Waals surface area contributed by atoms with E-state index in [1.54, 1.807) is 96.7 Å². The molecule has 3 N–H and O–H groups in total. The van der Waals surface area contributed by atoms with Crippen LogP contribution in [0.1, 0.15) is 352 Å². The molecule has 0 radical (unpaired) electrons. The number of rotatable bonds is 58. The Hall–Kier alpha value is -9.43. The number of ether oxygens (including phenoxy) is 4. The molecule has 5 aromatic carbocycles. The van der Waals surface area contributed by atoms with E-state index in [1.807, 2.05) is 38.1 Å². The molecule has 698 valence electrons. The number of aliphatic imine (C=N–C) groups is 2. The van der Waals surface area contributed by atoms with Crippen LogP contribution in [0.5, 0.6) is 11.5 Å². The van der Waals surface area contributed by atoms with Gasteiger partial charge in [0.25, 0.3) is 37.8 Å². The van der Waals surface area contributed by atoms with E-state index >= 15 is 0 Å². The van der Waals surface area contributed by atoms with E-state index in [0.29, 0.717) is 79.4 Å². The van der Waals surface area contributed by atoms with Crippen LogP contribution in [0.15, 0.2) is 142 Å². The molecule has 1 aromatic heterocycles. The number of nitrogens with zero attached hydrogens (tertiary/aromatic N) is 7. The lowest BCUT2D eigenvalue weighted by Gasteiger charge is -2.35. The van der Waals surface area contributed by atoms with Crippen molar-refractivity contribution in [1.82, 2.24) is 23.1 Å². The smallest absolute Gasteiger partial charge is 0.418 e. The zero-order valence-corrected chi connectivity index (χ0v) is 79.8. The van der Waals surface area contributed by atoms with E-state index in [2.05, 4.69) is 62.5 Å². The summed E-state index contributed by atoms with van der Waals surface area (Å²) in [6, 6.07) is 26.2. The number of imidazole rings is 1. The number of imide groups is 1. The monoisotopic (exact) mass is 1790 g/mol. The lowest BCUT2D eigenvalue weighted by Crippen LogP contribution is -2.59. The largest absolute Gasteiger partial charge is 0.491 e. The molecule has 3 aliphatic heterocycles. The second-order valence-corrected chi connectivity index (χ2v) is 39.5. The third-order valence-corrected chi connectivity index (χ3v) is 27.3. The van der Waals surface area contributed by atoms with Crippen molar-refractivity contribution >= 4 is 95.8 Å². The van der Waals surface area contributed by atoms with Crippen molar-refractivity contribution in [2.45, 2.75) is 366 Å². The van der Waals surface area contributed by atoms with Crippen LogP contribution in [0.2, 0.25) is 0 Å². The van der Waals surface area contributed by atoms with Gasteiger partial charge in [0.05, 0.1) is 54.5 Å². The molecule has 2 atom stereocenters. The van der Waals surface area contributed by atoms with Crippen molar-refractivity contribution in [3.63, 3.8) is 0 Å². The average Bonchev–Trinajstić information content (AvgIpc) is 1.72. The minimum absolute atomic E-state index is 0.000236. The summed E-state index contributed by atoms with van der Waals surface area (Å²) in [5.74, 6) is -1.77. The standard InChI is InChI=1S/C53H74N6O7S.C48H74N4O7S/c1-6-8-9-10-11-12-13-14-15-16-17-18-19-24-36-59-50(56-44-26-22-23-27-47(44)67(59,63)64)49(58-37-35-54-40-58)51(61)57-45-39-42(53(3,4)5)31-34-46(45)66-38-25-20-21-28-48(60)55-43-32-29-41(30-33-43)52(62)65-7-2;1-7-9-11-13-15-16-17-18-19-20-21-22-23-24-25-29-33-51-44(49-39-31-27-28-32-41(39)60(51,56)57)42(52-46(54)48(5,6)59-47(52)55)45(53)50-40-36-37(3)35-38(4)43(40)58-34-30-26-14-12-10-8-2/h22-23,26-27,29-35,37,39-40,49H,6-21,24-25,28,36,38H2,1-5H3,(H,55,60)(H,57,61);27-28,31-32,35-36,42H,7-26,29-30,33-34H2,1-6H3,(H,50,53). The van der Waals surface area contributed by atoms with Crippen LogP contribution in [-0.2, 0) is 54.1 Å². The third-order valence-electron chi connectivity index (χ3n) is 23.6. The minimum Gasteiger partial charge on any atom is -0.491 e. The molecule has 9 rings (SSSR count). The van der Waals surface area contributed by atoms with Crippen LogP contribution in [0.25, 0.3) is 0 Å². The van der Waals surface area contributed by atoms with Crippen LogP contribution in [0.3, 0.4) is 0 Å². The first-order chi connectivity index (χ1) is 61.2. The maximum atomic E-state index is 14.8. The Bertz CT molecular complexity index is 4730. The van der Waals surface area contributed by atoms with E-state index in [9.17, 15) is 45.6 Å². The van der Waals surface area contributed by atoms with Gasteiger partial charge in [0.15, 0.2) is 29.4 Å². The van der Waals surface area contributed by atoms with E-state index in [1.165, 1.54) is 185 Å². The molecule has 2 unspecified atom stereocenters. The van der Waals surface area contributed by atoms with Gasteiger partial charge >= 0.3 is 12.1 Å². The number of carbonyl (C=O) groups excluding carboxylic acids is 6. The number of amidine groups is 2. The molecular weight excluding hydrogens is 1640 g/mol. The fourth-order valence-corrected chi connectivity index (χ4v) is 19.6. The molecule has 3 aliphatic rings. The van der Waals surface area contributed by atoms with Crippen molar-refractivity contribution in [2.24, 2.45) is 9.98 Å². The number of aromatic nitrogens is 2. The Kier molecular flexibility index (Phi) is 43.4. The number of unbranched alkanes of at least 4 members (excludes halogenated alkanes) is 35. The Morgan fingerprint density at radius 3 is 1.39 bits per heavy atom. The van der Waals surface area contributed by atoms with Gasteiger partial charge in [0.2, 0.25) is 5.91 Å². The lowest BCUT2D eigenvalue weighted by atomic mass is 9.87. The first-order valence-electron chi connectivity index (χ1n) is 47.8. The van der Waals surface area contributed by atoms with Gasteiger partial charge in [0.1, 0.15) is 21.3 Å². The predicted molar refractivity (Wildman–Crippen MR) is 509 cm³/mol. The van der Waals surface area contributed by atoms with Gasteiger partial charge in [-0.05, 0) is 162 Å². The minimum atomic E-state index is -4.23. The number of cyclic esters (lactones) is 1. The summed E-state index contributed by atoms with van der Waals surface area (Å²) < 4.78 is 84.9. The highest BCUT2D eigenvalue weighted by Gasteiger charge is 2.56. The number of esters is 1. The Balaban J connectivity index is 0.000000316. The summed E-state index contributed by atoms with van der Waals surface area (Å²) >= 11 is 0. The first kappa shape index (κ1) is 103. The molecule has 0 saturated carbocycles. The van der Waals surface area contributed by atoms with Gasteiger partial charge in [-0.2, -0.15) is 0 Å². The Morgan fingerprint density at radius 2 is 0.937 bits per heavy atom. The number of benzene rings is 5. The van der Waals surface area contributed by atoms with E-state index in [4.69, 9.17) is 28.9 Å². The quantitative estimate of drug-likeness (QED) is 0.0236. The zero-order valence-electron chi connectivity index (χ0n) is 78.2. The highest BCUT2D eigenvalue weighted by atomic mass is 32.2. The van der Waals surface area contributed by atoms with Crippen molar-refractivity contribution in [3.8, 4) is 11.5 Å². The summed E-state index contributed by atoms with van der Waals surface area (Å²) in [5.41, 5.74) is 3.06. The SMILES string of the molecule is CCCCCCCCCCCCCCCCCCN1C(C(C(=O)Nc2cc(C)cc(C)c2OCCCCCCCC)N2C(=O)OC(C)(C)C2=O)=Nc2ccccc2S1(=O)=O.CCCCCCCCCCCCCCCCN1C(C(C(=O)Nc2cc(C(C)(C)C)ccc2OCCCCCC(=O)Nc2ccc(C(=O)OCC)cc2)n2ccnc2)=Nc2ccccc2S1(=O)=O. The second-order valence-electron chi connectivity index (χ2n) is 35.8. The fourth-order valence-electron chi connectivity index (χ4n) is 16.4. The van der Waals surface area contributed by atoms with Crippen molar-refractivity contribution < 1.29 is 64.6 Å². The molecule has 0 spiro atoms. The maximum absolute atomic E-state index is 14.8. The highest BCUT2D eigenvalue weighted by Crippen LogP contribution is 2.41. The van der Waals surface area contributed by atoms with Gasteiger partial charge in [0, 0.05) is 37.6 Å². The molecule has 6 aromatic rings. The normalized spacial score (nSPS) is 14.8. The molecule has 0 aliphatic carbocycles. The van der Waals surface area contributed by atoms with Gasteiger partial charge in [-0.3, -0.25) is 27.8 Å². The van der Waals surface area contributed by atoms with E-state index in [-0.39, 0.29) is 63.9 Å². The highest BCUT2D eigenvalue weighted by molar-refractivity contribution is 7.90. The van der Waals surface area contributed by atoms with Crippen LogP contribution in [-0.4, -0.2) is 132 Å². The summed E-state index contributed by atoms with van der Waals surface area (Å²) in [6.45, 7) is 22.7. The number of para-hydroxylation sites is 2. The van der Waals surface area contributed by atoms with Gasteiger partial charge < -0.3 is 39.5 Å².